The van der Waals surface area contributed by atoms with Gasteiger partial charge in [0.2, 0.25) is 11.8 Å². The van der Waals surface area contributed by atoms with E-state index in [0.29, 0.717) is 29.9 Å². The first kappa shape index (κ1) is 20.4. The van der Waals surface area contributed by atoms with Gasteiger partial charge >= 0.3 is 0 Å². The fourth-order valence-electron chi connectivity index (χ4n) is 2.50. The van der Waals surface area contributed by atoms with Gasteiger partial charge < -0.3 is 20.6 Å². The highest BCUT2D eigenvalue weighted by molar-refractivity contribution is 5.85. The Morgan fingerprint density at radius 3 is 2.62 bits per heavy atom. The molecule has 0 radical (unpaired) electrons. The maximum Gasteiger partial charge on any atom is 0.237 e. The van der Waals surface area contributed by atoms with Crippen molar-refractivity contribution in [2.45, 2.75) is 51.8 Å². The average Bonchev–Trinajstić information content (AvgIpc) is 2.94. The quantitative estimate of drug-likeness (QED) is 0.708. The number of halogens is 1. The second-order valence-corrected chi connectivity index (χ2v) is 6.22. The summed E-state index contributed by atoms with van der Waals surface area (Å²) in [7, 11) is 0. The smallest absolute Gasteiger partial charge is 0.237 e. The summed E-state index contributed by atoms with van der Waals surface area (Å²) in [4.78, 5) is 16.4. The van der Waals surface area contributed by atoms with Crippen LogP contribution in [-0.4, -0.2) is 28.1 Å². The number of aliphatic hydroxyl groups is 1. The molecule has 4 N–H and O–H groups in total. The number of carbonyl (C=O) groups is 1. The van der Waals surface area contributed by atoms with E-state index < -0.39 is 18.2 Å². The van der Waals surface area contributed by atoms with E-state index in [1.807, 2.05) is 39.0 Å². The molecule has 1 aromatic heterocycles. The van der Waals surface area contributed by atoms with Crippen molar-refractivity contribution in [2.75, 3.05) is 0 Å². The molecule has 0 aliphatic heterocycles. The molecule has 1 aromatic carbocycles. The standard InChI is InChI=1S/C17H25N3O3.ClH/c1-4-12(19-16(22)11(18)9-10(2)3)15(21)17-20-13-7-5-6-8-14(13)23-17;/h5-8,10-12,15,21H,4,9,18H2,1-3H3,(H,19,22);1H. The summed E-state index contributed by atoms with van der Waals surface area (Å²) in [6, 6.07) is 6.22. The molecule has 7 heteroatoms. The molecule has 3 atom stereocenters. The number of carbonyl (C=O) groups excluding carboxylic acids is 1. The van der Waals surface area contributed by atoms with Crippen LogP contribution < -0.4 is 11.1 Å². The molecule has 2 rings (SSSR count). The number of nitrogens with zero attached hydrogens (tertiary/aromatic N) is 1. The largest absolute Gasteiger partial charge is 0.438 e. The summed E-state index contributed by atoms with van der Waals surface area (Å²) in [5.41, 5.74) is 7.18. The highest BCUT2D eigenvalue weighted by Gasteiger charge is 2.27. The maximum absolute atomic E-state index is 12.2. The van der Waals surface area contributed by atoms with Crippen LogP contribution in [0, 0.1) is 5.92 Å². The molecule has 0 bridgehead atoms. The van der Waals surface area contributed by atoms with Crippen molar-refractivity contribution in [3.63, 3.8) is 0 Å². The fourth-order valence-corrected chi connectivity index (χ4v) is 2.50. The zero-order chi connectivity index (χ0) is 17.0. The van der Waals surface area contributed by atoms with Crippen molar-refractivity contribution in [3.05, 3.63) is 30.2 Å². The number of nitrogens with two attached hydrogens (primary N) is 1. The normalized spacial score (nSPS) is 14.9. The van der Waals surface area contributed by atoms with E-state index in [1.165, 1.54) is 0 Å². The number of para-hydroxylation sites is 2. The van der Waals surface area contributed by atoms with Crippen molar-refractivity contribution in [1.82, 2.24) is 10.3 Å². The molecule has 6 nitrogen and oxygen atoms in total. The summed E-state index contributed by atoms with van der Waals surface area (Å²) in [5, 5.41) is 13.3. The zero-order valence-corrected chi connectivity index (χ0v) is 15.0. The van der Waals surface area contributed by atoms with Crippen molar-refractivity contribution < 1.29 is 14.3 Å². The number of amides is 1. The van der Waals surface area contributed by atoms with E-state index in [4.69, 9.17) is 10.2 Å². The lowest BCUT2D eigenvalue weighted by molar-refractivity contribution is -0.124. The Morgan fingerprint density at radius 2 is 2.04 bits per heavy atom. The molecule has 1 amide bonds. The highest BCUT2D eigenvalue weighted by Crippen LogP contribution is 2.23. The van der Waals surface area contributed by atoms with Crippen LogP contribution in [0.5, 0.6) is 0 Å². The molecule has 24 heavy (non-hydrogen) atoms. The minimum atomic E-state index is -1.01. The predicted octanol–water partition coefficient (Wildman–Crippen LogP) is 2.55. The third-order valence-corrected chi connectivity index (χ3v) is 3.77. The van der Waals surface area contributed by atoms with Crippen molar-refractivity contribution in [1.29, 1.82) is 0 Å². The van der Waals surface area contributed by atoms with Gasteiger partial charge in [-0.3, -0.25) is 4.79 Å². The first-order chi connectivity index (χ1) is 10.9. The number of benzene rings is 1. The van der Waals surface area contributed by atoms with Gasteiger partial charge in [0.1, 0.15) is 5.52 Å². The van der Waals surface area contributed by atoms with Crippen molar-refractivity contribution >= 4 is 29.4 Å². The summed E-state index contributed by atoms with van der Waals surface area (Å²) >= 11 is 0. The minimum Gasteiger partial charge on any atom is -0.438 e. The van der Waals surface area contributed by atoms with Crippen LogP contribution in [0.25, 0.3) is 11.1 Å². The highest BCUT2D eigenvalue weighted by atomic mass is 35.5. The molecule has 3 unspecified atom stereocenters. The number of nitrogens with one attached hydrogen (secondary N) is 1. The van der Waals surface area contributed by atoms with Crippen LogP contribution in [0.3, 0.4) is 0 Å². The van der Waals surface area contributed by atoms with Crippen LogP contribution >= 0.6 is 12.4 Å². The minimum absolute atomic E-state index is 0. The molecule has 0 saturated heterocycles. The topological polar surface area (TPSA) is 101 Å². The molecule has 0 aliphatic carbocycles. The van der Waals surface area contributed by atoms with Gasteiger partial charge in [0, 0.05) is 0 Å². The van der Waals surface area contributed by atoms with Gasteiger partial charge in [-0.15, -0.1) is 12.4 Å². The molecular weight excluding hydrogens is 330 g/mol. The van der Waals surface area contributed by atoms with Gasteiger partial charge in [-0.2, -0.15) is 0 Å². The number of aromatic nitrogens is 1. The first-order valence-electron chi connectivity index (χ1n) is 8.01. The van der Waals surface area contributed by atoms with Gasteiger partial charge in [0.25, 0.3) is 0 Å². The molecule has 134 valence electrons. The zero-order valence-electron chi connectivity index (χ0n) is 14.2. The third-order valence-electron chi connectivity index (χ3n) is 3.77. The Kier molecular flexibility index (Phi) is 7.66. The number of oxazole rings is 1. The van der Waals surface area contributed by atoms with Crippen LogP contribution in [0.2, 0.25) is 0 Å². The summed E-state index contributed by atoms with van der Waals surface area (Å²) in [6.07, 6.45) is 0.129. The second kappa shape index (κ2) is 9.01. The van der Waals surface area contributed by atoms with E-state index >= 15 is 0 Å². The maximum atomic E-state index is 12.2. The number of aliphatic hydroxyl groups excluding tert-OH is 1. The van der Waals surface area contributed by atoms with Crippen LogP contribution in [0.15, 0.2) is 28.7 Å². The van der Waals surface area contributed by atoms with Gasteiger partial charge in [-0.05, 0) is 30.9 Å². The van der Waals surface area contributed by atoms with Crippen molar-refractivity contribution in [2.24, 2.45) is 11.7 Å². The molecule has 0 fully saturated rings. The van der Waals surface area contributed by atoms with E-state index in [0.717, 1.165) is 0 Å². The lowest BCUT2D eigenvalue weighted by Crippen LogP contribution is -2.47. The monoisotopic (exact) mass is 355 g/mol. The van der Waals surface area contributed by atoms with E-state index in [-0.39, 0.29) is 24.2 Å². The van der Waals surface area contributed by atoms with Gasteiger partial charge in [0.15, 0.2) is 11.7 Å². The molecule has 0 spiro atoms. The average molecular weight is 356 g/mol. The number of rotatable bonds is 7. The molecule has 0 saturated carbocycles. The number of hydrogen-bond acceptors (Lipinski definition) is 5. The molecular formula is C17H26ClN3O3. The SMILES string of the molecule is CCC(NC(=O)C(N)CC(C)C)C(O)c1nc2ccccc2o1.Cl. The fraction of sp³-hybridized carbons (Fsp3) is 0.529. The van der Waals surface area contributed by atoms with Crippen molar-refractivity contribution in [3.8, 4) is 0 Å². The molecule has 0 aliphatic rings. The Balaban J connectivity index is 0.00000288. The first-order valence-corrected chi connectivity index (χ1v) is 8.01. The predicted molar refractivity (Wildman–Crippen MR) is 95.9 cm³/mol. The third kappa shape index (κ3) is 4.93. The Morgan fingerprint density at radius 1 is 1.38 bits per heavy atom. The summed E-state index contributed by atoms with van der Waals surface area (Å²) in [6.45, 7) is 5.90. The Hall–Kier alpha value is -1.63. The van der Waals surface area contributed by atoms with E-state index in [9.17, 15) is 9.90 Å². The Bertz CT molecular complexity index is 626. The van der Waals surface area contributed by atoms with Crippen LogP contribution in [0.4, 0.5) is 0 Å². The van der Waals surface area contributed by atoms with Gasteiger partial charge in [-0.1, -0.05) is 32.9 Å². The Labute approximate surface area is 148 Å². The molecule has 2 aromatic rings. The van der Waals surface area contributed by atoms with E-state index in [1.54, 1.807) is 6.07 Å². The lowest BCUT2D eigenvalue weighted by Gasteiger charge is -2.23. The number of hydrogen-bond donors (Lipinski definition) is 3. The van der Waals surface area contributed by atoms with Crippen LogP contribution in [0.1, 0.15) is 45.6 Å². The van der Waals surface area contributed by atoms with Crippen LogP contribution in [-0.2, 0) is 4.79 Å². The second-order valence-electron chi connectivity index (χ2n) is 6.22. The van der Waals surface area contributed by atoms with Gasteiger partial charge in [0.05, 0.1) is 12.1 Å². The lowest BCUT2D eigenvalue weighted by atomic mass is 10.0. The summed E-state index contributed by atoms with van der Waals surface area (Å²) in [5.74, 6) is 0.272. The number of fused-ring (bicyclic) bond motifs is 1. The molecule has 1 heterocycles. The summed E-state index contributed by atoms with van der Waals surface area (Å²) < 4.78 is 5.58. The van der Waals surface area contributed by atoms with Gasteiger partial charge in [-0.25, -0.2) is 4.98 Å². The van der Waals surface area contributed by atoms with E-state index in [2.05, 4.69) is 10.3 Å².